The van der Waals surface area contributed by atoms with Crippen molar-refractivity contribution in [2.75, 3.05) is 6.61 Å². The minimum absolute atomic E-state index is 0.0194. The Morgan fingerprint density at radius 1 is 1.19 bits per heavy atom. The van der Waals surface area contributed by atoms with Crippen LogP contribution in [0.4, 0.5) is 0 Å². The van der Waals surface area contributed by atoms with Crippen molar-refractivity contribution in [1.82, 2.24) is 0 Å². The molecule has 8 unspecified atom stereocenters. The molecule has 2 bridgehead atoms. The summed E-state index contributed by atoms with van der Waals surface area (Å²) in [7, 11) is 0. The van der Waals surface area contributed by atoms with Gasteiger partial charge in [-0.15, -0.1) is 0 Å². The Morgan fingerprint density at radius 2 is 2.03 bits per heavy atom. The van der Waals surface area contributed by atoms with Gasteiger partial charge in [0.2, 0.25) is 0 Å². The van der Waals surface area contributed by atoms with Crippen LogP contribution >= 0.6 is 0 Å². The van der Waals surface area contributed by atoms with Crippen molar-refractivity contribution >= 4 is 5.97 Å². The van der Waals surface area contributed by atoms with Crippen molar-refractivity contribution in [2.24, 2.45) is 0 Å². The van der Waals surface area contributed by atoms with Crippen molar-refractivity contribution in [3.63, 3.8) is 0 Å². The fourth-order valence-electron chi connectivity index (χ4n) is 5.05. The maximum absolute atomic E-state index is 12.6. The molecule has 0 radical (unpaired) electrons. The molecule has 1 saturated heterocycles. The first-order chi connectivity index (χ1) is 17.4. The molecule has 0 spiro atoms. The molecule has 0 amide bonds. The standard InChI is InChI=1S/C29H40O7/c1-19-6-3-7-21-8-4-9-22(34-21)10-5-11-28(32)35-26(18-27-29(36-27)25(31)17-19)24(30)13-12-23-16-20(2)14-15-33-23/h4-5,8,11-14,21-27,29-31H,1,3,6-7,9-10,15-18H2,2H3/b11-5-,13-12?. The van der Waals surface area contributed by atoms with Crippen LogP contribution < -0.4 is 0 Å². The number of carbonyl (C=O) groups excluding carboxylic acids is 1. The number of carbonyl (C=O) groups is 1. The summed E-state index contributed by atoms with van der Waals surface area (Å²) in [6.07, 6.45) is 15.3. The first-order valence-corrected chi connectivity index (χ1v) is 13.2. The number of esters is 1. The maximum Gasteiger partial charge on any atom is 0.330 e. The topological polar surface area (TPSA) is 97.8 Å². The molecule has 0 saturated carbocycles. The molecule has 0 aromatic heterocycles. The lowest BCUT2D eigenvalue weighted by molar-refractivity contribution is -0.148. The van der Waals surface area contributed by atoms with Crippen LogP contribution in [-0.2, 0) is 23.7 Å². The Balaban J connectivity index is 1.42. The van der Waals surface area contributed by atoms with Crippen LogP contribution in [0.5, 0.6) is 0 Å². The zero-order chi connectivity index (χ0) is 25.5. The van der Waals surface area contributed by atoms with E-state index in [-0.39, 0.29) is 30.5 Å². The molecule has 4 heterocycles. The van der Waals surface area contributed by atoms with E-state index in [0.717, 1.165) is 37.7 Å². The van der Waals surface area contributed by atoms with E-state index >= 15 is 0 Å². The van der Waals surface area contributed by atoms with Crippen molar-refractivity contribution in [2.45, 2.75) is 107 Å². The number of aliphatic hydroxyl groups excluding tert-OH is 2. The maximum atomic E-state index is 12.6. The van der Waals surface area contributed by atoms with Gasteiger partial charge >= 0.3 is 5.97 Å². The molecule has 2 N–H and O–H groups in total. The predicted octanol–water partition coefficient (Wildman–Crippen LogP) is 3.86. The Hall–Kier alpha value is -2.03. The summed E-state index contributed by atoms with van der Waals surface area (Å²) in [6.45, 7) is 6.74. The molecule has 0 aromatic rings. The van der Waals surface area contributed by atoms with E-state index in [4.69, 9.17) is 18.9 Å². The van der Waals surface area contributed by atoms with Gasteiger partial charge in [0.15, 0.2) is 0 Å². The largest absolute Gasteiger partial charge is 0.456 e. The highest BCUT2D eigenvalue weighted by molar-refractivity contribution is 5.82. The van der Waals surface area contributed by atoms with Gasteiger partial charge in [-0.1, -0.05) is 54.2 Å². The van der Waals surface area contributed by atoms with Crippen LogP contribution in [0, 0.1) is 0 Å². The van der Waals surface area contributed by atoms with Gasteiger partial charge in [-0.25, -0.2) is 4.79 Å². The Kier molecular flexibility index (Phi) is 9.73. The number of rotatable bonds is 3. The van der Waals surface area contributed by atoms with E-state index in [0.29, 0.717) is 25.9 Å². The number of ether oxygens (including phenoxy) is 4. The van der Waals surface area contributed by atoms with Gasteiger partial charge in [-0.2, -0.15) is 0 Å². The second kappa shape index (κ2) is 13.0. The van der Waals surface area contributed by atoms with Crippen LogP contribution in [0.2, 0.25) is 0 Å². The summed E-state index contributed by atoms with van der Waals surface area (Å²) < 4.78 is 23.2. The third-order valence-corrected chi connectivity index (χ3v) is 7.19. The monoisotopic (exact) mass is 500 g/mol. The lowest BCUT2D eigenvalue weighted by Crippen LogP contribution is -2.32. The second-order valence-electron chi connectivity index (χ2n) is 10.4. The van der Waals surface area contributed by atoms with Crippen molar-refractivity contribution in [1.29, 1.82) is 0 Å². The summed E-state index contributed by atoms with van der Waals surface area (Å²) in [5.74, 6) is -0.518. The van der Waals surface area contributed by atoms with E-state index in [1.54, 1.807) is 12.2 Å². The molecular formula is C29H40O7. The first-order valence-electron chi connectivity index (χ1n) is 13.2. The minimum Gasteiger partial charge on any atom is -0.456 e. The van der Waals surface area contributed by atoms with Gasteiger partial charge in [0.05, 0.1) is 37.1 Å². The number of cyclic esters (lactones) is 1. The zero-order valence-electron chi connectivity index (χ0n) is 21.2. The van der Waals surface area contributed by atoms with E-state index in [9.17, 15) is 15.0 Å². The third kappa shape index (κ3) is 8.25. The van der Waals surface area contributed by atoms with E-state index in [2.05, 4.69) is 25.7 Å². The number of fused-ring (bicyclic) bond motifs is 3. The van der Waals surface area contributed by atoms with E-state index < -0.39 is 24.3 Å². The minimum atomic E-state index is -1.02. The normalized spacial score (nSPS) is 38.3. The molecule has 4 aliphatic rings. The summed E-state index contributed by atoms with van der Waals surface area (Å²) in [5, 5.41) is 21.5. The van der Waals surface area contributed by atoms with Gasteiger partial charge in [0.25, 0.3) is 0 Å². The van der Waals surface area contributed by atoms with Crippen molar-refractivity contribution in [3.8, 4) is 0 Å². The van der Waals surface area contributed by atoms with E-state index in [1.165, 1.54) is 11.6 Å². The van der Waals surface area contributed by atoms with Crippen LogP contribution in [0.25, 0.3) is 0 Å². The average molecular weight is 501 g/mol. The highest BCUT2D eigenvalue weighted by atomic mass is 16.6. The smallest absolute Gasteiger partial charge is 0.330 e. The lowest BCUT2D eigenvalue weighted by atomic mass is 9.97. The Labute approximate surface area is 214 Å². The highest BCUT2D eigenvalue weighted by Gasteiger charge is 2.46. The molecule has 4 aliphatic heterocycles. The van der Waals surface area contributed by atoms with Crippen molar-refractivity contribution in [3.05, 3.63) is 60.3 Å². The molecule has 1 fully saturated rings. The predicted molar refractivity (Wildman–Crippen MR) is 136 cm³/mol. The summed E-state index contributed by atoms with van der Waals surface area (Å²) in [4.78, 5) is 12.6. The van der Waals surface area contributed by atoms with Crippen LogP contribution in [0.15, 0.2) is 60.3 Å². The quantitative estimate of drug-likeness (QED) is 0.345. The number of hydrogen-bond acceptors (Lipinski definition) is 7. The van der Waals surface area contributed by atoms with Gasteiger partial charge in [0, 0.05) is 12.5 Å². The van der Waals surface area contributed by atoms with Crippen molar-refractivity contribution < 1.29 is 34.0 Å². The Morgan fingerprint density at radius 3 is 2.86 bits per heavy atom. The fourth-order valence-corrected chi connectivity index (χ4v) is 5.05. The summed E-state index contributed by atoms with van der Waals surface area (Å²) in [6, 6.07) is 0. The van der Waals surface area contributed by atoms with Gasteiger partial charge in [-0.3, -0.25) is 0 Å². The van der Waals surface area contributed by atoms with Crippen LogP contribution in [0.1, 0.15) is 58.3 Å². The number of aliphatic hydroxyl groups is 2. The lowest BCUT2D eigenvalue weighted by Gasteiger charge is -2.25. The SMILES string of the molecule is C=C1CCCC2C=CCC(C/C=C\C(=O)OC(C(O)C=CC3CC(C)=CCO3)CC3OC3C(O)C1)O2. The number of hydrogen-bond donors (Lipinski definition) is 2. The highest BCUT2D eigenvalue weighted by Crippen LogP contribution is 2.34. The average Bonchev–Trinajstić information content (AvgIpc) is 3.61. The second-order valence-corrected chi connectivity index (χ2v) is 10.4. The molecular weight excluding hydrogens is 460 g/mol. The summed E-state index contributed by atoms with van der Waals surface area (Å²) in [5.41, 5.74) is 2.23. The van der Waals surface area contributed by atoms with E-state index in [1.807, 2.05) is 12.2 Å². The molecule has 0 aliphatic carbocycles. The molecule has 36 heavy (non-hydrogen) atoms. The van der Waals surface area contributed by atoms with Crippen LogP contribution in [0.3, 0.4) is 0 Å². The number of epoxide rings is 1. The van der Waals surface area contributed by atoms with Crippen LogP contribution in [-0.4, -0.2) is 71.6 Å². The summed E-state index contributed by atoms with van der Waals surface area (Å²) >= 11 is 0. The molecule has 0 aromatic carbocycles. The Bertz CT molecular complexity index is 888. The molecule has 7 nitrogen and oxygen atoms in total. The van der Waals surface area contributed by atoms with Gasteiger partial charge in [0.1, 0.15) is 18.3 Å². The van der Waals surface area contributed by atoms with Gasteiger partial charge in [-0.05, 0) is 51.9 Å². The molecule has 4 rings (SSSR count). The molecule has 7 heteroatoms. The fraction of sp³-hybridized carbons (Fsp3) is 0.621. The molecule has 8 atom stereocenters. The molecule has 198 valence electrons. The van der Waals surface area contributed by atoms with Gasteiger partial charge < -0.3 is 29.2 Å². The zero-order valence-corrected chi connectivity index (χ0v) is 21.2. The third-order valence-electron chi connectivity index (χ3n) is 7.19. The first kappa shape index (κ1) is 27.0.